The van der Waals surface area contributed by atoms with Crippen LogP contribution in [0.5, 0.6) is 0 Å². The third kappa shape index (κ3) is 4.15. The number of carbonyl (C=O) groups excluding carboxylic acids is 2. The Morgan fingerprint density at radius 3 is 2.76 bits per heavy atom. The highest BCUT2D eigenvalue weighted by molar-refractivity contribution is 7.80. The van der Waals surface area contributed by atoms with Crippen LogP contribution in [-0.2, 0) is 9.59 Å². The number of thiocarbonyl (C=S) groups is 1. The van der Waals surface area contributed by atoms with Gasteiger partial charge in [0, 0.05) is 6.20 Å². The van der Waals surface area contributed by atoms with E-state index in [1.807, 2.05) is 0 Å². The number of aryl methyl sites for hydroxylation is 1. The molecule has 6 nitrogen and oxygen atoms in total. The summed E-state index contributed by atoms with van der Waals surface area (Å²) in [5.41, 5.74) is 6.31. The lowest BCUT2D eigenvalue weighted by atomic mass is 10.3. The van der Waals surface area contributed by atoms with Crippen LogP contribution >= 0.6 is 12.2 Å². The average Bonchev–Trinajstić information content (AvgIpc) is 2.28. The van der Waals surface area contributed by atoms with Crippen molar-refractivity contribution in [3.63, 3.8) is 0 Å². The minimum atomic E-state index is -0.791. The summed E-state index contributed by atoms with van der Waals surface area (Å²) in [6.45, 7) is 1.72. The molecule has 17 heavy (non-hydrogen) atoms. The highest BCUT2D eigenvalue weighted by atomic mass is 32.1. The van der Waals surface area contributed by atoms with Gasteiger partial charge in [0.2, 0.25) is 0 Å². The lowest BCUT2D eigenvalue weighted by molar-refractivity contribution is -0.135. The van der Waals surface area contributed by atoms with E-state index >= 15 is 0 Å². The fourth-order valence-corrected chi connectivity index (χ4v) is 1.12. The summed E-state index contributed by atoms with van der Waals surface area (Å²) in [6.07, 6.45) is 1.60. The van der Waals surface area contributed by atoms with E-state index in [2.05, 4.69) is 27.8 Å². The maximum Gasteiger partial charge on any atom is 0.313 e. The predicted molar refractivity (Wildman–Crippen MR) is 67.4 cm³/mol. The molecule has 7 heteroatoms. The van der Waals surface area contributed by atoms with Gasteiger partial charge in [-0.3, -0.25) is 14.6 Å². The van der Waals surface area contributed by atoms with Gasteiger partial charge < -0.3 is 16.4 Å². The van der Waals surface area contributed by atoms with Crippen LogP contribution in [0.2, 0.25) is 0 Å². The van der Waals surface area contributed by atoms with Crippen LogP contribution in [0, 0.1) is 6.92 Å². The van der Waals surface area contributed by atoms with Crippen LogP contribution in [-0.4, -0.2) is 28.3 Å². The SMILES string of the molecule is Cc1ncccc1NC(=O)C(=O)NCC(N)=S. The van der Waals surface area contributed by atoms with Gasteiger partial charge in [-0.1, -0.05) is 12.2 Å². The monoisotopic (exact) mass is 252 g/mol. The van der Waals surface area contributed by atoms with Crippen molar-refractivity contribution in [3.8, 4) is 0 Å². The Balaban J connectivity index is 2.58. The summed E-state index contributed by atoms with van der Waals surface area (Å²) in [6, 6.07) is 3.32. The molecule has 0 unspecified atom stereocenters. The zero-order valence-electron chi connectivity index (χ0n) is 9.19. The van der Waals surface area contributed by atoms with E-state index in [-0.39, 0.29) is 11.5 Å². The quantitative estimate of drug-likeness (QED) is 0.508. The second-order valence-electron chi connectivity index (χ2n) is 3.24. The third-order valence-corrected chi connectivity index (χ3v) is 2.03. The van der Waals surface area contributed by atoms with Gasteiger partial charge in [0.15, 0.2) is 0 Å². The smallest absolute Gasteiger partial charge is 0.313 e. The molecular formula is C10H12N4O2S. The Labute approximate surface area is 104 Å². The molecule has 0 atom stereocenters. The Hall–Kier alpha value is -2.02. The van der Waals surface area contributed by atoms with Crippen LogP contribution in [0.15, 0.2) is 18.3 Å². The molecule has 0 aliphatic rings. The second kappa shape index (κ2) is 5.90. The summed E-state index contributed by atoms with van der Waals surface area (Å²) >= 11 is 4.57. The van der Waals surface area contributed by atoms with Crippen molar-refractivity contribution in [1.82, 2.24) is 10.3 Å². The summed E-state index contributed by atoms with van der Waals surface area (Å²) in [7, 11) is 0. The number of carbonyl (C=O) groups is 2. The first-order valence-electron chi connectivity index (χ1n) is 4.80. The van der Waals surface area contributed by atoms with Crippen molar-refractivity contribution in [1.29, 1.82) is 0 Å². The number of amides is 2. The van der Waals surface area contributed by atoms with E-state index in [9.17, 15) is 9.59 Å². The van der Waals surface area contributed by atoms with Crippen molar-refractivity contribution in [2.75, 3.05) is 11.9 Å². The first-order chi connectivity index (χ1) is 8.00. The largest absolute Gasteiger partial charge is 0.392 e. The first-order valence-corrected chi connectivity index (χ1v) is 5.20. The fourth-order valence-electron chi connectivity index (χ4n) is 1.04. The van der Waals surface area contributed by atoms with Crippen molar-refractivity contribution in [2.24, 2.45) is 5.73 Å². The van der Waals surface area contributed by atoms with Gasteiger partial charge >= 0.3 is 11.8 Å². The van der Waals surface area contributed by atoms with Crippen LogP contribution in [0.1, 0.15) is 5.69 Å². The number of anilines is 1. The number of nitrogens with zero attached hydrogens (tertiary/aromatic N) is 1. The third-order valence-electron chi connectivity index (χ3n) is 1.88. The zero-order chi connectivity index (χ0) is 12.8. The summed E-state index contributed by atoms with van der Waals surface area (Å²) in [5, 5.41) is 4.72. The van der Waals surface area contributed by atoms with Gasteiger partial charge in [0.25, 0.3) is 0 Å². The van der Waals surface area contributed by atoms with E-state index < -0.39 is 11.8 Å². The lowest BCUT2D eigenvalue weighted by Gasteiger charge is -2.07. The molecule has 0 aromatic carbocycles. The molecule has 0 fully saturated rings. The molecular weight excluding hydrogens is 240 g/mol. The number of pyridine rings is 1. The minimum Gasteiger partial charge on any atom is -0.392 e. The molecule has 0 saturated heterocycles. The fraction of sp³-hybridized carbons (Fsp3) is 0.200. The van der Waals surface area contributed by atoms with Gasteiger partial charge in [-0.25, -0.2) is 0 Å². The molecule has 1 aromatic rings. The Morgan fingerprint density at radius 2 is 2.18 bits per heavy atom. The van der Waals surface area contributed by atoms with Crippen LogP contribution < -0.4 is 16.4 Å². The average molecular weight is 252 g/mol. The number of hydrogen-bond acceptors (Lipinski definition) is 4. The Kier molecular flexibility index (Phi) is 4.53. The van der Waals surface area contributed by atoms with Crippen molar-refractivity contribution >= 4 is 34.7 Å². The van der Waals surface area contributed by atoms with Crippen LogP contribution in [0.25, 0.3) is 0 Å². The Bertz CT molecular complexity index is 461. The zero-order valence-corrected chi connectivity index (χ0v) is 10.0. The molecule has 0 spiro atoms. The first kappa shape index (κ1) is 13.0. The maximum atomic E-state index is 11.4. The summed E-state index contributed by atoms with van der Waals surface area (Å²) in [4.78, 5) is 26.8. The topological polar surface area (TPSA) is 97.1 Å². The van der Waals surface area contributed by atoms with E-state index in [0.717, 1.165) is 0 Å². The molecule has 0 bridgehead atoms. The number of nitrogens with one attached hydrogen (secondary N) is 2. The molecule has 0 saturated carbocycles. The normalized spacial score (nSPS) is 9.47. The number of rotatable bonds is 3. The van der Waals surface area contributed by atoms with E-state index in [1.54, 1.807) is 25.3 Å². The molecule has 1 rings (SSSR count). The van der Waals surface area contributed by atoms with Crippen LogP contribution in [0.3, 0.4) is 0 Å². The number of nitrogens with two attached hydrogens (primary N) is 1. The van der Waals surface area contributed by atoms with Gasteiger partial charge in [-0.2, -0.15) is 0 Å². The molecule has 0 aliphatic carbocycles. The molecule has 0 aliphatic heterocycles. The van der Waals surface area contributed by atoms with E-state index in [0.29, 0.717) is 11.4 Å². The van der Waals surface area contributed by atoms with Gasteiger partial charge in [-0.05, 0) is 19.1 Å². The van der Waals surface area contributed by atoms with Gasteiger partial charge in [0.1, 0.15) is 0 Å². The van der Waals surface area contributed by atoms with Crippen molar-refractivity contribution in [2.45, 2.75) is 6.92 Å². The molecule has 90 valence electrons. The highest BCUT2D eigenvalue weighted by Crippen LogP contribution is 2.09. The number of hydrogen-bond donors (Lipinski definition) is 3. The summed E-state index contributed by atoms with van der Waals surface area (Å²) < 4.78 is 0. The van der Waals surface area contributed by atoms with Gasteiger partial charge in [-0.15, -0.1) is 0 Å². The highest BCUT2D eigenvalue weighted by Gasteiger charge is 2.14. The molecule has 2 amide bonds. The van der Waals surface area contributed by atoms with Gasteiger partial charge in [0.05, 0.1) is 22.9 Å². The molecule has 0 radical (unpaired) electrons. The number of aromatic nitrogens is 1. The molecule has 1 aromatic heterocycles. The van der Waals surface area contributed by atoms with E-state index in [4.69, 9.17) is 5.73 Å². The van der Waals surface area contributed by atoms with Crippen LogP contribution in [0.4, 0.5) is 5.69 Å². The lowest BCUT2D eigenvalue weighted by Crippen LogP contribution is -2.39. The van der Waals surface area contributed by atoms with E-state index in [1.165, 1.54) is 0 Å². The molecule has 1 heterocycles. The predicted octanol–water partition coefficient (Wildman–Crippen LogP) is -0.269. The Morgan fingerprint density at radius 1 is 1.47 bits per heavy atom. The minimum absolute atomic E-state index is 0.00634. The second-order valence-corrected chi connectivity index (χ2v) is 3.76. The summed E-state index contributed by atoms with van der Waals surface area (Å²) in [5.74, 6) is -1.57. The van der Waals surface area contributed by atoms with Crippen molar-refractivity contribution < 1.29 is 9.59 Å². The maximum absolute atomic E-state index is 11.4. The van der Waals surface area contributed by atoms with Crippen molar-refractivity contribution in [3.05, 3.63) is 24.0 Å². The molecule has 4 N–H and O–H groups in total. The standard InChI is InChI=1S/C10H12N4O2S/c1-6-7(3-2-4-12-6)14-10(16)9(15)13-5-8(11)17/h2-4H,5H2,1H3,(H2,11,17)(H,13,15)(H,14,16).